The standard InChI is InChI=1S/C18H18N2O4/c21-18(17-11-23-15-3-1-2-4-16(15)24-17)20-13-5-6-14-12(9-13)10-19-7-8-22-14/h1-6,9,17,19H,7-8,10-11H2,(H,20,21). The van der Waals surface area contributed by atoms with Gasteiger partial charge < -0.3 is 24.8 Å². The summed E-state index contributed by atoms with van der Waals surface area (Å²) in [5.41, 5.74) is 1.74. The number of carbonyl (C=O) groups excluding carboxylic acids is 1. The van der Waals surface area contributed by atoms with Gasteiger partial charge in [-0.25, -0.2) is 0 Å². The number of amides is 1. The molecular weight excluding hydrogens is 308 g/mol. The Morgan fingerprint density at radius 2 is 1.96 bits per heavy atom. The fourth-order valence-corrected chi connectivity index (χ4v) is 2.76. The zero-order valence-electron chi connectivity index (χ0n) is 13.1. The topological polar surface area (TPSA) is 68.8 Å². The van der Waals surface area contributed by atoms with Crippen molar-refractivity contribution >= 4 is 11.6 Å². The van der Waals surface area contributed by atoms with Crippen molar-refractivity contribution in [3.63, 3.8) is 0 Å². The molecule has 124 valence electrons. The van der Waals surface area contributed by atoms with Crippen LogP contribution in [0, 0.1) is 0 Å². The average Bonchev–Trinajstić information content (AvgIpc) is 2.86. The molecule has 0 spiro atoms. The second-order valence-electron chi connectivity index (χ2n) is 5.70. The van der Waals surface area contributed by atoms with Gasteiger partial charge in [0.1, 0.15) is 19.0 Å². The quantitative estimate of drug-likeness (QED) is 0.883. The van der Waals surface area contributed by atoms with E-state index >= 15 is 0 Å². The van der Waals surface area contributed by atoms with Crippen LogP contribution in [0.4, 0.5) is 5.69 Å². The number of para-hydroxylation sites is 2. The van der Waals surface area contributed by atoms with Gasteiger partial charge in [-0.15, -0.1) is 0 Å². The van der Waals surface area contributed by atoms with E-state index in [1.807, 2.05) is 36.4 Å². The Kier molecular flexibility index (Phi) is 3.96. The number of hydrogen-bond acceptors (Lipinski definition) is 5. The van der Waals surface area contributed by atoms with Gasteiger partial charge >= 0.3 is 0 Å². The molecule has 0 saturated carbocycles. The average molecular weight is 326 g/mol. The third-order valence-electron chi connectivity index (χ3n) is 3.98. The summed E-state index contributed by atoms with van der Waals surface area (Å²) in [6.07, 6.45) is -0.673. The highest BCUT2D eigenvalue weighted by Crippen LogP contribution is 2.31. The predicted octanol–water partition coefficient (Wildman–Crippen LogP) is 1.95. The lowest BCUT2D eigenvalue weighted by Gasteiger charge is -2.25. The fraction of sp³-hybridized carbons (Fsp3) is 0.278. The van der Waals surface area contributed by atoms with Gasteiger partial charge in [0.2, 0.25) is 6.10 Å². The zero-order chi connectivity index (χ0) is 16.4. The summed E-state index contributed by atoms with van der Waals surface area (Å²) in [6.45, 7) is 2.36. The Labute approximate surface area is 139 Å². The molecule has 2 N–H and O–H groups in total. The second kappa shape index (κ2) is 6.41. The number of fused-ring (bicyclic) bond motifs is 2. The van der Waals surface area contributed by atoms with Gasteiger partial charge in [-0.2, -0.15) is 0 Å². The van der Waals surface area contributed by atoms with Crippen LogP contribution < -0.4 is 24.8 Å². The molecule has 0 aromatic heterocycles. The maximum absolute atomic E-state index is 12.5. The summed E-state index contributed by atoms with van der Waals surface area (Å²) in [6, 6.07) is 13.0. The zero-order valence-corrected chi connectivity index (χ0v) is 13.1. The number of rotatable bonds is 2. The highest BCUT2D eigenvalue weighted by Gasteiger charge is 2.27. The first kappa shape index (κ1) is 14.8. The van der Waals surface area contributed by atoms with Crippen LogP contribution in [0.2, 0.25) is 0 Å². The van der Waals surface area contributed by atoms with Gasteiger partial charge in [0.25, 0.3) is 5.91 Å². The predicted molar refractivity (Wildman–Crippen MR) is 88.6 cm³/mol. The van der Waals surface area contributed by atoms with Crippen LogP contribution in [-0.4, -0.2) is 31.8 Å². The maximum atomic E-state index is 12.5. The first-order valence-corrected chi connectivity index (χ1v) is 7.95. The fourth-order valence-electron chi connectivity index (χ4n) is 2.76. The molecule has 1 unspecified atom stereocenters. The van der Waals surface area contributed by atoms with Gasteiger partial charge in [-0.3, -0.25) is 4.79 Å². The molecular formula is C18H18N2O4. The summed E-state index contributed by atoms with van der Waals surface area (Å²) >= 11 is 0. The lowest BCUT2D eigenvalue weighted by atomic mass is 10.1. The Hall–Kier alpha value is -2.73. The molecule has 0 fully saturated rings. The molecule has 1 atom stereocenters. The monoisotopic (exact) mass is 326 g/mol. The third-order valence-corrected chi connectivity index (χ3v) is 3.98. The summed E-state index contributed by atoms with van der Waals surface area (Å²) < 4.78 is 17.0. The van der Waals surface area contributed by atoms with Crippen LogP contribution in [0.15, 0.2) is 42.5 Å². The molecule has 2 aromatic carbocycles. The smallest absolute Gasteiger partial charge is 0.269 e. The SMILES string of the molecule is O=C(Nc1ccc2c(c1)CNCCO2)C1COc2ccccc2O1. The summed E-state index contributed by atoms with van der Waals surface area (Å²) in [4.78, 5) is 12.5. The summed E-state index contributed by atoms with van der Waals surface area (Å²) in [5.74, 6) is 1.87. The number of hydrogen-bond donors (Lipinski definition) is 2. The lowest BCUT2D eigenvalue weighted by Crippen LogP contribution is -2.40. The van der Waals surface area contributed by atoms with Crippen LogP contribution in [0.1, 0.15) is 5.56 Å². The van der Waals surface area contributed by atoms with Crippen LogP contribution in [-0.2, 0) is 11.3 Å². The third kappa shape index (κ3) is 3.00. The van der Waals surface area contributed by atoms with E-state index < -0.39 is 6.10 Å². The maximum Gasteiger partial charge on any atom is 0.269 e. The molecule has 2 aliphatic rings. The van der Waals surface area contributed by atoms with Crippen LogP contribution in [0.3, 0.4) is 0 Å². The molecule has 0 aliphatic carbocycles. The van der Waals surface area contributed by atoms with E-state index in [1.165, 1.54) is 0 Å². The van der Waals surface area contributed by atoms with Gasteiger partial charge in [0, 0.05) is 24.3 Å². The molecule has 2 aromatic rings. The Morgan fingerprint density at radius 3 is 2.88 bits per heavy atom. The van der Waals surface area contributed by atoms with E-state index in [-0.39, 0.29) is 12.5 Å². The van der Waals surface area contributed by atoms with E-state index in [2.05, 4.69) is 10.6 Å². The van der Waals surface area contributed by atoms with Crippen molar-refractivity contribution in [1.29, 1.82) is 0 Å². The largest absolute Gasteiger partial charge is 0.492 e. The molecule has 2 heterocycles. The van der Waals surface area contributed by atoms with Crippen molar-refractivity contribution in [2.45, 2.75) is 12.6 Å². The highest BCUT2D eigenvalue weighted by atomic mass is 16.6. The number of nitrogens with one attached hydrogen (secondary N) is 2. The first-order valence-electron chi connectivity index (χ1n) is 7.95. The molecule has 24 heavy (non-hydrogen) atoms. The number of ether oxygens (including phenoxy) is 3. The lowest BCUT2D eigenvalue weighted by molar-refractivity contribution is -0.125. The van der Waals surface area contributed by atoms with E-state index in [0.29, 0.717) is 23.8 Å². The van der Waals surface area contributed by atoms with Crippen molar-refractivity contribution in [2.24, 2.45) is 0 Å². The minimum Gasteiger partial charge on any atom is -0.492 e. The van der Waals surface area contributed by atoms with Crippen molar-refractivity contribution in [1.82, 2.24) is 5.32 Å². The number of anilines is 1. The normalized spacial score (nSPS) is 18.8. The minimum absolute atomic E-state index is 0.193. The molecule has 6 nitrogen and oxygen atoms in total. The molecule has 4 rings (SSSR count). The van der Waals surface area contributed by atoms with Crippen LogP contribution >= 0.6 is 0 Å². The Balaban J connectivity index is 1.46. The molecule has 2 aliphatic heterocycles. The van der Waals surface area contributed by atoms with Gasteiger partial charge in [0.15, 0.2) is 11.5 Å². The van der Waals surface area contributed by atoms with Crippen molar-refractivity contribution < 1.29 is 19.0 Å². The van der Waals surface area contributed by atoms with Crippen molar-refractivity contribution in [3.8, 4) is 17.2 Å². The highest BCUT2D eigenvalue weighted by molar-refractivity contribution is 5.94. The van der Waals surface area contributed by atoms with E-state index in [1.54, 1.807) is 6.07 Å². The molecule has 1 amide bonds. The summed E-state index contributed by atoms with van der Waals surface area (Å²) in [7, 11) is 0. The number of benzene rings is 2. The minimum atomic E-state index is -0.673. The first-order chi connectivity index (χ1) is 11.8. The van der Waals surface area contributed by atoms with Gasteiger partial charge in [0.05, 0.1) is 0 Å². The van der Waals surface area contributed by atoms with E-state index in [9.17, 15) is 4.79 Å². The molecule has 0 saturated heterocycles. The van der Waals surface area contributed by atoms with Crippen molar-refractivity contribution in [2.75, 3.05) is 25.1 Å². The molecule has 6 heteroatoms. The molecule has 0 bridgehead atoms. The molecule has 0 radical (unpaired) electrons. The van der Waals surface area contributed by atoms with Crippen LogP contribution in [0.25, 0.3) is 0 Å². The van der Waals surface area contributed by atoms with E-state index in [4.69, 9.17) is 14.2 Å². The second-order valence-corrected chi connectivity index (χ2v) is 5.70. The van der Waals surface area contributed by atoms with Gasteiger partial charge in [-0.05, 0) is 30.3 Å². The van der Waals surface area contributed by atoms with Gasteiger partial charge in [-0.1, -0.05) is 12.1 Å². The summed E-state index contributed by atoms with van der Waals surface area (Å²) in [5, 5.41) is 6.16. The van der Waals surface area contributed by atoms with E-state index in [0.717, 1.165) is 24.4 Å². The van der Waals surface area contributed by atoms with Crippen LogP contribution in [0.5, 0.6) is 17.2 Å². The Morgan fingerprint density at radius 1 is 1.08 bits per heavy atom. The number of carbonyl (C=O) groups is 1. The van der Waals surface area contributed by atoms with Crippen molar-refractivity contribution in [3.05, 3.63) is 48.0 Å². The Bertz CT molecular complexity index is 762.